The van der Waals surface area contributed by atoms with Gasteiger partial charge in [-0.3, -0.25) is 4.79 Å². The van der Waals surface area contributed by atoms with Crippen molar-refractivity contribution in [2.24, 2.45) is 0 Å². The molecule has 4 heteroatoms. The molecule has 0 amide bonds. The Kier molecular flexibility index (Phi) is 3.04. The number of rotatable bonds is 2. The van der Waals surface area contributed by atoms with Crippen molar-refractivity contribution in [3.8, 4) is 0 Å². The zero-order valence-electron chi connectivity index (χ0n) is 5.67. The van der Waals surface area contributed by atoms with E-state index in [1.165, 1.54) is 0 Å². The molecule has 58 valence electrons. The van der Waals surface area contributed by atoms with E-state index in [0.717, 1.165) is 36.4 Å². The summed E-state index contributed by atoms with van der Waals surface area (Å²) < 4.78 is 12.7. The zero-order valence-corrected chi connectivity index (χ0v) is 7.30. The van der Waals surface area contributed by atoms with Gasteiger partial charge in [0.25, 0.3) is 0 Å². The molecule has 0 saturated carbocycles. The molecular formula is C6H9FOS2. The molecule has 1 aliphatic heterocycles. The van der Waals surface area contributed by atoms with Gasteiger partial charge in [0.2, 0.25) is 10.6 Å². The number of halogens is 1. The van der Waals surface area contributed by atoms with E-state index in [1.54, 1.807) is 0 Å². The van der Waals surface area contributed by atoms with Gasteiger partial charge in [0, 0.05) is 0 Å². The van der Waals surface area contributed by atoms with Gasteiger partial charge in [0.1, 0.15) is 0 Å². The van der Waals surface area contributed by atoms with Crippen molar-refractivity contribution in [2.75, 3.05) is 0 Å². The van der Waals surface area contributed by atoms with Gasteiger partial charge in [-0.05, 0) is 6.42 Å². The third kappa shape index (κ3) is 1.89. The monoisotopic (exact) mass is 180 g/mol. The summed E-state index contributed by atoms with van der Waals surface area (Å²) in [4.78, 5) is 10.6. The van der Waals surface area contributed by atoms with Gasteiger partial charge in [-0.1, -0.05) is 25.1 Å². The Morgan fingerprint density at radius 1 is 1.70 bits per heavy atom. The lowest BCUT2D eigenvalue weighted by molar-refractivity contribution is -0.112. The lowest BCUT2D eigenvalue weighted by atomic mass is 10.4. The van der Waals surface area contributed by atoms with Gasteiger partial charge >= 0.3 is 0 Å². The predicted molar refractivity (Wildman–Crippen MR) is 43.8 cm³/mol. The van der Waals surface area contributed by atoms with Crippen molar-refractivity contribution >= 4 is 28.6 Å². The molecule has 0 bridgehead atoms. The maximum Gasteiger partial charge on any atom is 0.234 e. The second-order valence-corrected chi connectivity index (χ2v) is 4.87. The summed E-state index contributed by atoms with van der Waals surface area (Å²) in [5.74, 6) is 0. The topological polar surface area (TPSA) is 17.1 Å². The first-order chi connectivity index (χ1) is 4.74. The standard InChI is InChI=1S/C6H9FOS2/c1-2-3-4-9-5(7)6(8)10-4/h4-5H,2-3H2,1H3. The van der Waals surface area contributed by atoms with Crippen LogP contribution in [0.1, 0.15) is 19.8 Å². The Morgan fingerprint density at radius 2 is 2.40 bits per heavy atom. The molecule has 1 heterocycles. The van der Waals surface area contributed by atoms with Crippen LogP contribution in [0.2, 0.25) is 0 Å². The number of hydrogen-bond donors (Lipinski definition) is 0. The third-order valence-electron chi connectivity index (χ3n) is 1.23. The quantitative estimate of drug-likeness (QED) is 0.649. The highest BCUT2D eigenvalue weighted by atomic mass is 32.2. The fourth-order valence-corrected chi connectivity index (χ4v) is 3.36. The highest BCUT2D eigenvalue weighted by Gasteiger charge is 2.33. The molecule has 0 N–H and O–H groups in total. The molecule has 1 aliphatic rings. The number of thioether (sulfide) groups is 2. The molecule has 0 spiro atoms. The molecule has 1 rings (SSSR count). The van der Waals surface area contributed by atoms with Crippen molar-refractivity contribution in [2.45, 2.75) is 29.9 Å². The summed E-state index contributed by atoms with van der Waals surface area (Å²) >= 11 is 2.29. The van der Waals surface area contributed by atoms with E-state index in [9.17, 15) is 9.18 Å². The van der Waals surface area contributed by atoms with E-state index in [4.69, 9.17) is 0 Å². The van der Waals surface area contributed by atoms with Gasteiger partial charge in [-0.25, -0.2) is 4.39 Å². The first-order valence-corrected chi connectivity index (χ1v) is 5.06. The second-order valence-electron chi connectivity index (χ2n) is 2.11. The van der Waals surface area contributed by atoms with E-state index in [2.05, 4.69) is 0 Å². The molecular weight excluding hydrogens is 171 g/mol. The summed E-state index contributed by atoms with van der Waals surface area (Å²) in [6, 6.07) is 0. The summed E-state index contributed by atoms with van der Waals surface area (Å²) in [5.41, 5.74) is -1.26. The lowest BCUT2D eigenvalue weighted by Crippen LogP contribution is -1.97. The fraction of sp³-hybridized carbons (Fsp3) is 0.833. The van der Waals surface area contributed by atoms with Gasteiger partial charge in [0.05, 0.1) is 4.58 Å². The first-order valence-electron chi connectivity index (χ1n) is 3.24. The molecule has 2 unspecified atom stereocenters. The Labute approximate surface area is 68.1 Å². The maximum atomic E-state index is 12.5. The number of carbonyl (C=O) groups is 1. The van der Waals surface area contributed by atoms with E-state index >= 15 is 0 Å². The van der Waals surface area contributed by atoms with Crippen LogP contribution >= 0.6 is 23.5 Å². The number of hydrogen-bond acceptors (Lipinski definition) is 3. The number of carbonyl (C=O) groups excluding carboxylic acids is 1. The van der Waals surface area contributed by atoms with Gasteiger partial charge in [0.15, 0.2) is 0 Å². The van der Waals surface area contributed by atoms with Gasteiger partial charge in [-0.15, -0.1) is 11.8 Å². The number of alkyl halides is 1. The highest BCUT2D eigenvalue weighted by molar-refractivity contribution is 8.30. The van der Waals surface area contributed by atoms with Crippen LogP contribution in [0, 0.1) is 0 Å². The SMILES string of the molecule is CCCC1SC(=O)C(F)S1. The minimum absolute atomic E-state index is 0.174. The van der Waals surface area contributed by atoms with Crippen LogP contribution in [0.5, 0.6) is 0 Å². The van der Waals surface area contributed by atoms with Crippen LogP contribution in [0.4, 0.5) is 4.39 Å². The van der Waals surface area contributed by atoms with Crippen LogP contribution in [0.3, 0.4) is 0 Å². The molecule has 1 fully saturated rings. The van der Waals surface area contributed by atoms with Gasteiger partial charge < -0.3 is 0 Å². The predicted octanol–water partition coefficient (Wildman–Crippen LogP) is 2.41. The minimum atomic E-state index is -1.26. The largest absolute Gasteiger partial charge is 0.283 e. The minimum Gasteiger partial charge on any atom is -0.283 e. The molecule has 0 aromatic rings. The normalized spacial score (nSPS) is 33.2. The molecule has 0 aromatic heterocycles. The summed E-state index contributed by atoms with van der Waals surface area (Å²) in [5, 5.41) is -0.302. The molecule has 1 nitrogen and oxygen atoms in total. The molecule has 0 radical (unpaired) electrons. The molecule has 10 heavy (non-hydrogen) atoms. The Bertz CT molecular complexity index is 140. The van der Waals surface area contributed by atoms with Crippen LogP contribution in [0.25, 0.3) is 0 Å². The Morgan fingerprint density at radius 3 is 2.80 bits per heavy atom. The van der Waals surface area contributed by atoms with E-state index < -0.39 is 5.50 Å². The summed E-state index contributed by atoms with van der Waals surface area (Å²) in [6.07, 6.45) is 1.95. The summed E-state index contributed by atoms with van der Waals surface area (Å²) in [7, 11) is 0. The van der Waals surface area contributed by atoms with E-state index in [0.29, 0.717) is 0 Å². The Balaban J connectivity index is 2.34. The van der Waals surface area contributed by atoms with Crippen molar-refractivity contribution < 1.29 is 9.18 Å². The van der Waals surface area contributed by atoms with Crippen LogP contribution in [-0.2, 0) is 4.79 Å². The van der Waals surface area contributed by atoms with Crippen molar-refractivity contribution in [3.05, 3.63) is 0 Å². The van der Waals surface area contributed by atoms with Crippen LogP contribution in [-0.4, -0.2) is 15.2 Å². The molecule has 0 aliphatic carbocycles. The van der Waals surface area contributed by atoms with Crippen LogP contribution in [0.15, 0.2) is 0 Å². The first kappa shape index (κ1) is 8.40. The van der Waals surface area contributed by atoms with Crippen molar-refractivity contribution in [1.82, 2.24) is 0 Å². The average molecular weight is 180 g/mol. The smallest absolute Gasteiger partial charge is 0.234 e. The van der Waals surface area contributed by atoms with Crippen molar-refractivity contribution in [3.63, 3.8) is 0 Å². The zero-order chi connectivity index (χ0) is 7.56. The third-order valence-corrected chi connectivity index (χ3v) is 3.93. The Hall–Kier alpha value is 0.300. The van der Waals surface area contributed by atoms with Crippen LogP contribution < -0.4 is 0 Å². The average Bonchev–Trinajstić information content (AvgIpc) is 2.14. The lowest BCUT2D eigenvalue weighted by Gasteiger charge is -2.01. The fourth-order valence-electron chi connectivity index (χ4n) is 0.762. The van der Waals surface area contributed by atoms with Crippen molar-refractivity contribution in [1.29, 1.82) is 0 Å². The van der Waals surface area contributed by atoms with E-state index in [-0.39, 0.29) is 9.70 Å². The highest BCUT2D eigenvalue weighted by Crippen LogP contribution is 2.41. The molecule has 0 aromatic carbocycles. The maximum absolute atomic E-state index is 12.5. The van der Waals surface area contributed by atoms with Gasteiger partial charge in [-0.2, -0.15) is 0 Å². The molecule has 1 saturated heterocycles. The summed E-state index contributed by atoms with van der Waals surface area (Å²) in [6.45, 7) is 2.04. The molecule has 2 atom stereocenters. The second kappa shape index (κ2) is 3.62. The van der Waals surface area contributed by atoms with E-state index in [1.807, 2.05) is 6.92 Å².